The Labute approximate surface area is 100 Å². The summed E-state index contributed by atoms with van der Waals surface area (Å²) in [7, 11) is 2.67. The summed E-state index contributed by atoms with van der Waals surface area (Å²) in [5, 5.41) is 20.2. The molecule has 0 aromatic heterocycles. The van der Waals surface area contributed by atoms with Gasteiger partial charge in [0.05, 0.1) is 18.2 Å². The van der Waals surface area contributed by atoms with Crippen LogP contribution in [0.25, 0.3) is 0 Å². The van der Waals surface area contributed by atoms with Crippen molar-refractivity contribution in [2.75, 3.05) is 27.1 Å². The number of rotatable bonds is 8. The van der Waals surface area contributed by atoms with E-state index in [0.29, 0.717) is 6.42 Å². The molecule has 0 aromatic carbocycles. The predicted octanol–water partition coefficient (Wildman–Crippen LogP) is -1.07. The zero-order valence-electron chi connectivity index (χ0n) is 12.9. The fourth-order valence-corrected chi connectivity index (χ4v) is 1.36. The standard InChI is InChI=1S/C11H21NO4/c1-4-5-9(13)7-12(2,3)8-10(14)6-11(15)16/h10,14H,4-8H2,1-3H3/t10-/m1/s1/i8D2,10D. The smallest absolute Gasteiger partial charge is 0.186 e. The summed E-state index contributed by atoms with van der Waals surface area (Å²) in [5.74, 6) is -1.93. The molecule has 0 fully saturated rings. The van der Waals surface area contributed by atoms with Gasteiger partial charge in [0.15, 0.2) is 5.78 Å². The molecule has 0 rings (SSSR count). The minimum absolute atomic E-state index is 0.208. The van der Waals surface area contributed by atoms with Gasteiger partial charge in [0.1, 0.15) is 19.1 Å². The number of carboxylic acids is 1. The van der Waals surface area contributed by atoms with Crippen molar-refractivity contribution in [3.05, 3.63) is 0 Å². The second kappa shape index (κ2) is 6.60. The Hall–Kier alpha value is -0.940. The molecular weight excluding hydrogens is 210 g/mol. The van der Waals surface area contributed by atoms with Gasteiger partial charge >= 0.3 is 0 Å². The van der Waals surface area contributed by atoms with E-state index < -0.39 is 29.5 Å². The first-order valence-electron chi connectivity index (χ1n) is 6.64. The summed E-state index contributed by atoms with van der Waals surface area (Å²) >= 11 is 0. The molecule has 5 nitrogen and oxygen atoms in total. The highest BCUT2D eigenvalue weighted by molar-refractivity contribution is 5.79. The molecule has 1 N–H and O–H groups in total. The predicted molar refractivity (Wildman–Crippen MR) is 57.4 cm³/mol. The van der Waals surface area contributed by atoms with Crippen LogP contribution in [-0.2, 0) is 9.59 Å². The Morgan fingerprint density at radius 3 is 2.56 bits per heavy atom. The molecule has 0 aliphatic carbocycles. The van der Waals surface area contributed by atoms with Gasteiger partial charge in [0.2, 0.25) is 0 Å². The summed E-state index contributed by atoms with van der Waals surface area (Å²) in [6.07, 6.45) is -3.15. The van der Waals surface area contributed by atoms with Crippen molar-refractivity contribution in [1.29, 1.82) is 0 Å². The summed E-state index contributed by atoms with van der Waals surface area (Å²) in [4.78, 5) is 22.1. The highest BCUT2D eigenvalue weighted by Crippen LogP contribution is 2.04. The maximum absolute atomic E-state index is 11.6. The maximum atomic E-state index is 11.6. The molecule has 0 saturated heterocycles. The molecule has 0 amide bonds. The number of likely N-dealkylation sites (N-methyl/N-ethyl adjacent to an activating group) is 1. The van der Waals surface area contributed by atoms with Crippen molar-refractivity contribution in [2.45, 2.75) is 32.3 Å². The Morgan fingerprint density at radius 1 is 1.56 bits per heavy atom. The van der Waals surface area contributed by atoms with Crippen molar-refractivity contribution >= 4 is 11.8 Å². The van der Waals surface area contributed by atoms with Crippen LogP contribution in [0.4, 0.5) is 0 Å². The Morgan fingerprint density at radius 2 is 2.12 bits per heavy atom. The number of hydrogen-bond acceptors (Lipinski definition) is 4. The molecular formula is C11H21NO4. The summed E-state index contributed by atoms with van der Waals surface area (Å²) in [6.45, 7) is -1.05. The van der Waals surface area contributed by atoms with E-state index in [9.17, 15) is 19.8 Å². The number of hydrogen-bond donors (Lipinski definition) is 1. The van der Waals surface area contributed by atoms with Gasteiger partial charge in [-0.15, -0.1) is 0 Å². The van der Waals surface area contributed by atoms with E-state index in [1.54, 1.807) is 0 Å². The Balaban J connectivity index is 5.14. The fraction of sp³-hybridized carbons (Fsp3) is 0.818. The number of ketones is 1. The molecule has 1 atom stereocenters. The first kappa shape index (κ1) is 10.2. The summed E-state index contributed by atoms with van der Waals surface area (Å²) < 4.78 is 22.5. The monoisotopic (exact) mass is 234 g/mol. The van der Waals surface area contributed by atoms with Crippen molar-refractivity contribution in [1.82, 2.24) is 0 Å². The molecule has 0 spiro atoms. The van der Waals surface area contributed by atoms with Gasteiger partial charge < -0.3 is 19.5 Å². The first-order valence-corrected chi connectivity index (χ1v) is 5.14. The Bertz CT molecular complexity index is 356. The second-order valence-corrected chi connectivity index (χ2v) is 4.24. The number of carboxylic acid groups (broad SMARTS) is 1. The van der Waals surface area contributed by atoms with E-state index in [1.165, 1.54) is 14.1 Å². The lowest BCUT2D eigenvalue weighted by molar-refractivity contribution is -0.885. The molecule has 0 radical (unpaired) electrons. The van der Waals surface area contributed by atoms with Gasteiger partial charge in [-0.1, -0.05) is 6.92 Å². The zero-order chi connectivity index (χ0) is 15.5. The molecule has 0 heterocycles. The van der Waals surface area contributed by atoms with Crippen LogP contribution in [0.5, 0.6) is 0 Å². The number of Topliss-reactive ketones (excluding diaryl/α,β-unsaturated/α-hetero) is 1. The number of carbonyl (C=O) groups excluding carboxylic acids is 2. The largest absolute Gasteiger partial charge is 0.550 e. The highest BCUT2D eigenvalue weighted by atomic mass is 16.4. The molecule has 0 bridgehead atoms. The third-order valence-electron chi connectivity index (χ3n) is 1.84. The molecule has 16 heavy (non-hydrogen) atoms. The number of nitrogens with zero attached hydrogens (tertiary/aromatic N) is 1. The molecule has 0 saturated carbocycles. The van der Waals surface area contributed by atoms with E-state index in [0.717, 1.165) is 0 Å². The number of aliphatic hydroxyl groups is 1. The lowest BCUT2D eigenvalue weighted by atomic mass is 10.2. The molecule has 0 aromatic rings. The number of quaternary nitrogens is 1. The van der Waals surface area contributed by atoms with Crippen LogP contribution in [0.3, 0.4) is 0 Å². The van der Waals surface area contributed by atoms with Gasteiger partial charge in [-0.05, 0) is 6.42 Å². The third-order valence-corrected chi connectivity index (χ3v) is 1.84. The van der Waals surface area contributed by atoms with E-state index in [4.69, 9.17) is 4.11 Å². The van der Waals surface area contributed by atoms with E-state index in [2.05, 4.69) is 0 Å². The molecule has 5 heteroatoms. The van der Waals surface area contributed by atoms with Crippen molar-refractivity contribution in [3.8, 4) is 0 Å². The average Bonchev–Trinajstić information content (AvgIpc) is 2.13. The SMILES string of the molecule is [2H]C([2H])([C@]([2H])(O)CC(=O)[O-])[N+](C)(C)CC(=O)CCC. The summed E-state index contributed by atoms with van der Waals surface area (Å²) in [6, 6.07) is 0. The van der Waals surface area contributed by atoms with Gasteiger partial charge in [0.25, 0.3) is 0 Å². The third kappa shape index (κ3) is 7.36. The highest BCUT2D eigenvalue weighted by Gasteiger charge is 2.23. The maximum Gasteiger partial charge on any atom is 0.186 e. The van der Waals surface area contributed by atoms with Gasteiger partial charge in [0, 0.05) is 18.8 Å². The van der Waals surface area contributed by atoms with Crippen LogP contribution in [0.1, 0.15) is 30.3 Å². The topological polar surface area (TPSA) is 77.4 Å². The van der Waals surface area contributed by atoms with Crippen molar-refractivity contribution < 1.29 is 28.4 Å². The average molecular weight is 234 g/mol. The van der Waals surface area contributed by atoms with Crippen molar-refractivity contribution in [3.63, 3.8) is 0 Å². The van der Waals surface area contributed by atoms with Crippen LogP contribution >= 0.6 is 0 Å². The minimum atomic E-state index is -2.87. The molecule has 0 aliphatic heterocycles. The van der Waals surface area contributed by atoms with Crippen molar-refractivity contribution in [2.24, 2.45) is 0 Å². The quantitative estimate of drug-likeness (QED) is 0.543. The minimum Gasteiger partial charge on any atom is -0.550 e. The van der Waals surface area contributed by atoms with Crippen LogP contribution in [0, 0.1) is 0 Å². The first-order chi connectivity index (χ1) is 8.37. The van der Waals surface area contributed by atoms with Gasteiger partial charge in [-0.2, -0.15) is 0 Å². The zero-order valence-corrected chi connectivity index (χ0v) is 9.95. The van der Waals surface area contributed by atoms with E-state index >= 15 is 0 Å². The summed E-state index contributed by atoms with van der Waals surface area (Å²) in [5.41, 5.74) is 0. The molecule has 94 valence electrons. The number of carbonyl (C=O) groups is 2. The lowest BCUT2D eigenvalue weighted by Gasteiger charge is -2.31. The Kier molecular flexibility index (Phi) is 4.22. The molecule has 0 unspecified atom stereocenters. The fourth-order valence-electron chi connectivity index (χ4n) is 1.36. The molecule has 0 aliphatic rings. The lowest BCUT2D eigenvalue weighted by Crippen LogP contribution is -2.49. The van der Waals surface area contributed by atoms with Gasteiger partial charge in [-0.3, -0.25) is 4.79 Å². The second-order valence-electron chi connectivity index (χ2n) is 4.24. The number of aliphatic carboxylic acids is 1. The van der Waals surface area contributed by atoms with Crippen LogP contribution in [0.2, 0.25) is 0 Å². The normalized spacial score (nSPS) is 19.1. The van der Waals surface area contributed by atoms with Crippen LogP contribution in [0.15, 0.2) is 0 Å². The van der Waals surface area contributed by atoms with Crippen LogP contribution in [-0.4, -0.2) is 54.6 Å². The van der Waals surface area contributed by atoms with E-state index in [1.807, 2.05) is 6.92 Å². The van der Waals surface area contributed by atoms with Crippen LogP contribution < -0.4 is 5.11 Å². The van der Waals surface area contributed by atoms with E-state index in [-0.39, 0.29) is 18.7 Å². The van der Waals surface area contributed by atoms with Gasteiger partial charge in [-0.25, -0.2) is 0 Å².